The molecule has 0 radical (unpaired) electrons. The summed E-state index contributed by atoms with van der Waals surface area (Å²) in [4.78, 5) is 12.7. The van der Waals surface area contributed by atoms with Crippen LogP contribution in [0.4, 0.5) is 5.69 Å². The maximum atomic E-state index is 13.5. The van der Waals surface area contributed by atoms with Gasteiger partial charge in [0.05, 0.1) is 23.9 Å². The van der Waals surface area contributed by atoms with Gasteiger partial charge in [-0.15, -0.1) is 0 Å². The lowest BCUT2D eigenvalue weighted by molar-refractivity contribution is -0.119. The molecular formula is C23H21Cl2N3O4S. The molecule has 0 heterocycles. The number of nitrogens with zero attached hydrogens (tertiary/aromatic N) is 2. The van der Waals surface area contributed by atoms with E-state index in [-0.39, 0.29) is 21.4 Å². The third kappa shape index (κ3) is 6.25. The van der Waals surface area contributed by atoms with Crippen LogP contribution in [-0.4, -0.2) is 34.2 Å². The lowest BCUT2D eigenvalue weighted by Gasteiger charge is -2.25. The zero-order valence-electron chi connectivity index (χ0n) is 17.8. The van der Waals surface area contributed by atoms with Crippen LogP contribution in [0.15, 0.2) is 76.7 Å². The summed E-state index contributed by atoms with van der Waals surface area (Å²) in [6, 6.07) is 17.7. The lowest BCUT2D eigenvalue weighted by Crippen LogP contribution is -2.39. The fraction of sp³-hybridized carbons (Fsp3) is 0.130. The summed E-state index contributed by atoms with van der Waals surface area (Å²) in [5.41, 5.74) is 4.08. The number of hydrazone groups is 1. The fourth-order valence-electron chi connectivity index (χ4n) is 2.89. The van der Waals surface area contributed by atoms with Gasteiger partial charge in [-0.25, -0.2) is 13.8 Å². The summed E-state index contributed by atoms with van der Waals surface area (Å²) in [5.74, 6) is -0.412. The summed E-state index contributed by atoms with van der Waals surface area (Å²) in [7, 11) is -2.73. The number of sulfonamides is 1. The molecule has 33 heavy (non-hydrogen) atoms. The molecule has 1 amide bonds. The second-order valence-corrected chi connectivity index (χ2v) is 9.72. The van der Waals surface area contributed by atoms with Crippen LogP contribution in [-0.2, 0) is 14.8 Å². The first-order chi connectivity index (χ1) is 15.7. The van der Waals surface area contributed by atoms with Gasteiger partial charge in [-0.3, -0.25) is 9.10 Å². The van der Waals surface area contributed by atoms with Crippen LogP contribution in [0.2, 0.25) is 10.0 Å². The largest absolute Gasteiger partial charge is 0.495 e. The van der Waals surface area contributed by atoms with Gasteiger partial charge in [0.15, 0.2) is 0 Å². The van der Waals surface area contributed by atoms with E-state index in [2.05, 4.69) is 10.5 Å². The molecule has 172 valence electrons. The van der Waals surface area contributed by atoms with Crippen molar-refractivity contribution in [2.45, 2.75) is 11.8 Å². The lowest BCUT2D eigenvalue weighted by atomic mass is 10.2. The molecule has 0 atom stereocenters. The van der Waals surface area contributed by atoms with Gasteiger partial charge in [0.25, 0.3) is 15.9 Å². The van der Waals surface area contributed by atoms with Crippen LogP contribution in [0, 0.1) is 6.92 Å². The monoisotopic (exact) mass is 505 g/mol. The first-order valence-electron chi connectivity index (χ1n) is 9.71. The van der Waals surface area contributed by atoms with Gasteiger partial charge in [0.1, 0.15) is 12.3 Å². The minimum atomic E-state index is -4.13. The number of benzene rings is 3. The van der Waals surface area contributed by atoms with Crippen LogP contribution in [0.5, 0.6) is 5.75 Å². The molecule has 3 aromatic rings. The molecule has 3 rings (SSSR count). The van der Waals surface area contributed by atoms with Crippen LogP contribution < -0.4 is 14.5 Å². The Bertz CT molecular complexity index is 1260. The van der Waals surface area contributed by atoms with Crippen molar-refractivity contribution >= 4 is 51.0 Å². The van der Waals surface area contributed by atoms with Gasteiger partial charge in [-0.1, -0.05) is 53.0 Å². The predicted molar refractivity (Wildman–Crippen MR) is 131 cm³/mol. The van der Waals surface area contributed by atoms with Gasteiger partial charge in [-0.05, 0) is 55.0 Å². The van der Waals surface area contributed by atoms with Crippen molar-refractivity contribution in [3.63, 3.8) is 0 Å². The van der Waals surface area contributed by atoms with E-state index in [1.54, 1.807) is 42.5 Å². The number of hydrogen-bond acceptors (Lipinski definition) is 5. The van der Waals surface area contributed by atoms with E-state index in [9.17, 15) is 13.2 Å². The summed E-state index contributed by atoms with van der Waals surface area (Å²) in [5, 5.41) is 4.76. The van der Waals surface area contributed by atoms with Gasteiger partial charge in [0.2, 0.25) is 0 Å². The highest BCUT2D eigenvalue weighted by atomic mass is 35.5. The second kappa shape index (κ2) is 10.7. The number of rotatable bonds is 8. The minimum Gasteiger partial charge on any atom is -0.495 e. The maximum Gasteiger partial charge on any atom is 0.264 e. The molecule has 1 N–H and O–H groups in total. The Labute approximate surface area is 202 Å². The fourth-order valence-corrected chi connectivity index (χ4v) is 4.60. The summed E-state index contributed by atoms with van der Waals surface area (Å²) in [6.07, 6.45) is 1.42. The molecule has 0 aliphatic carbocycles. The van der Waals surface area contributed by atoms with Crippen molar-refractivity contribution in [2.24, 2.45) is 5.10 Å². The van der Waals surface area contributed by atoms with Gasteiger partial charge in [0, 0.05) is 10.0 Å². The van der Waals surface area contributed by atoms with Gasteiger partial charge >= 0.3 is 0 Å². The Balaban J connectivity index is 1.92. The molecule has 0 aliphatic heterocycles. The minimum absolute atomic E-state index is 0.0209. The van der Waals surface area contributed by atoms with Crippen LogP contribution in [0.3, 0.4) is 0 Å². The molecule has 10 heteroatoms. The second-order valence-electron chi connectivity index (χ2n) is 6.99. The number of aryl methyl sites for hydroxylation is 1. The topological polar surface area (TPSA) is 88.1 Å². The number of halogens is 2. The highest BCUT2D eigenvalue weighted by Gasteiger charge is 2.29. The van der Waals surface area contributed by atoms with Crippen LogP contribution in [0.25, 0.3) is 0 Å². The highest BCUT2D eigenvalue weighted by molar-refractivity contribution is 7.92. The number of ether oxygens (including phenoxy) is 1. The van der Waals surface area contributed by atoms with E-state index < -0.39 is 22.5 Å². The molecule has 3 aromatic carbocycles. The predicted octanol–water partition coefficient (Wildman–Crippen LogP) is 4.66. The van der Waals surface area contributed by atoms with Crippen molar-refractivity contribution in [3.8, 4) is 5.75 Å². The first kappa shape index (κ1) is 24.6. The molecular weight excluding hydrogens is 485 g/mol. The Morgan fingerprint density at radius 2 is 1.67 bits per heavy atom. The number of anilines is 1. The molecule has 0 unspecified atom stereocenters. The van der Waals surface area contributed by atoms with Crippen LogP contribution >= 0.6 is 23.2 Å². The smallest absolute Gasteiger partial charge is 0.264 e. The van der Waals surface area contributed by atoms with Gasteiger partial charge < -0.3 is 4.74 Å². The number of carbonyl (C=O) groups excluding carboxylic acids is 1. The maximum absolute atomic E-state index is 13.5. The summed E-state index contributed by atoms with van der Waals surface area (Å²) >= 11 is 12.0. The highest BCUT2D eigenvalue weighted by Crippen LogP contribution is 2.34. The summed E-state index contributed by atoms with van der Waals surface area (Å²) in [6.45, 7) is 1.30. The van der Waals surface area contributed by atoms with Gasteiger partial charge in [-0.2, -0.15) is 5.10 Å². The molecule has 0 saturated heterocycles. The Morgan fingerprint density at radius 1 is 1.03 bits per heavy atom. The van der Waals surface area contributed by atoms with Crippen molar-refractivity contribution in [1.82, 2.24) is 5.43 Å². The van der Waals surface area contributed by atoms with Crippen molar-refractivity contribution in [1.29, 1.82) is 0 Å². The first-order valence-corrected chi connectivity index (χ1v) is 11.9. The number of hydrogen-bond donors (Lipinski definition) is 1. The van der Waals surface area contributed by atoms with E-state index in [0.717, 1.165) is 9.87 Å². The van der Waals surface area contributed by atoms with Crippen molar-refractivity contribution < 1.29 is 17.9 Å². The zero-order chi connectivity index (χ0) is 24.0. The third-order valence-corrected chi connectivity index (χ3v) is 6.84. The van der Waals surface area contributed by atoms with Crippen LogP contribution in [0.1, 0.15) is 11.1 Å². The molecule has 0 bridgehead atoms. The number of nitrogens with one attached hydrogen (secondary N) is 1. The average Bonchev–Trinajstić information content (AvgIpc) is 2.79. The molecule has 0 saturated carbocycles. The van der Waals surface area contributed by atoms with E-state index in [0.29, 0.717) is 10.6 Å². The summed E-state index contributed by atoms with van der Waals surface area (Å²) < 4.78 is 33.2. The third-order valence-electron chi connectivity index (χ3n) is 4.58. The Morgan fingerprint density at radius 3 is 2.30 bits per heavy atom. The number of methoxy groups -OCH3 is 1. The quantitative estimate of drug-likeness (QED) is 0.356. The van der Waals surface area contributed by atoms with E-state index in [1.807, 2.05) is 6.92 Å². The van der Waals surface area contributed by atoms with E-state index in [4.69, 9.17) is 27.9 Å². The molecule has 0 fully saturated rings. The number of amides is 1. The molecule has 0 aliphatic rings. The standard InChI is InChI=1S/C23H21Cl2N3O4S/c1-16-3-10-20(11-4-16)33(30,31)28(21-13-19(25)9-12-22(21)32-2)15-23(29)27-26-14-17-5-7-18(24)8-6-17/h3-14H,15H2,1-2H3,(H,27,29)/b26-14-. The Kier molecular flexibility index (Phi) is 7.97. The molecule has 7 nitrogen and oxygen atoms in total. The SMILES string of the molecule is COc1ccc(Cl)cc1N(CC(=O)N/N=C\c1ccc(Cl)cc1)S(=O)(=O)c1ccc(C)cc1. The molecule has 0 spiro atoms. The normalized spacial score (nSPS) is 11.4. The average molecular weight is 506 g/mol. The van der Waals surface area contributed by atoms with Crippen molar-refractivity contribution in [2.75, 3.05) is 18.0 Å². The number of carbonyl (C=O) groups is 1. The van der Waals surface area contributed by atoms with Crippen molar-refractivity contribution in [3.05, 3.63) is 87.9 Å². The van der Waals surface area contributed by atoms with E-state index >= 15 is 0 Å². The molecule has 0 aromatic heterocycles. The van der Waals surface area contributed by atoms with E-state index in [1.165, 1.54) is 37.6 Å². The zero-order valence-corrected chi connectivity index (χ0v) is 20.2. The Hall–Kier alpha value is -3.07.